The number of nitrogens with one attached hydrogen (secondary N) is 1. The molecule has 1 amide bonds. The Morgan fingerprint density at radius 2 is 1.85 bits per heavy atom. The second-order valence-corrected chi connectivity index (χ2v) is 9.05. The Balaban J connectivity index is 1.50. The first-order valence-corrected chi connectivity index (χ1v) is 11.3. The lowest BCUT2D eigenvalue weighted by atomic mass is 9.97. The van der Waals surface area contributed by atoms with Crippen molar-refractivity contribution in [2.45, 2.75) is 37.9 Å². The minimum absolute atomic E-state index is 0.0525. The lowest BCUT2D eigenvalue weighted by Crippen LogP contribution is -2.41. The van der Waals surface area contributed by atoms with Crippen molar-refractivity contribution in [3.63, 3.8) is 0 Å². The van der Waals surface area contributed by atoms with Gasteiger partial charge in [0, 0.05) is 25.2 Å². The molecule has 27 heavy (non-hydrogen) atoms. The Bertz CT molecular complexity index is 766. The molecule has 148 valence electrons. The van der Waals surface area contributed by atoms with E-state index in [-0.39, 0.29) is 11.7 Å². The van der Waals surface area contributed by atoms with Gasteiger partial charge in [-0.1, -0.05) is 23.8 Å². The van der Waals surface area contributed by atoms with Crippen molar-refractivity contribution in [3.05, 3.63) is 47.0 Å². The molecule has 1 saturated heterocycles. The highest BCUT2D eigenvalue weighted by Gasteiger charge is 2.24. The van der Waals surface area contributed by atoms with Crippen LogP contribution in [0.4, 0.5) is 0 Å². The van der Waals surface area contributed by atoms with Crippen molar-refractivity contribution >= 4 is 15.9 Å². The second-order valence-electron chi connectivity index (χ2n) is 7.08. The number of rotatable bonds is 7. The normalized spacial score (nSPS) is 18.7. The summed E-state index contributed by atoms with van der Waals surface area (Å²) >= 11 is 0. The Labute approximate surface area is 161 Å². The van der Waals surface area contributed by atoms with Crippen LogP contribution in [0.3, 0.4) is 0 Å². The summed E-state index contributed by atoms with van der Waals surface area (Å²) in [4.78, 5) is 12.3. The molecule has 1 aliphatic carbocycles. The molecule has 1 aromatic carbocycles. The molecule has 1 fully saturated rings. The van der Waals surface area contributed by atoms with Crippen LogP contribution in [0.2, 0.25) is 0 Å². The number of benzene rings is 1. The highest BCUT2D eigenvalue weighted by Crippen LogP contribution is 2.19. The summed E-state index contributed by atoms with van der Waals surface area (Å²) < 4.78 is 31.6. The van der Waals surface area contributed by atoms with Crippen molar-refractivity contribution in [1.82, 2.24) is 9.62 Å². The molecule has 1 heterocycles. The van der Waals surface area contributed by atoms with Crippen LogP contribution in [-0.4, -0.2) is 51.5 Å². The van der Waals surface area contributed by atoms with E-state index in [9.17, 15) is 13.2 Å². The van der Waals surface area contributed by atoms with Crippen molar-refractivity contribution in [2.75, 3.05) is 32.8 Å². The summed E-state index contributed by atoms with van der Waals surface area (Å²) in [5, 5.41) is 2.95. The molecule has 0 saturated carbocycles. The number of ether oxygens (including phenoxy) is 1. The maximum absolute atomic E-state index is 12.5. The van der Waals surface area contributed by atoms with Gasteiger partial charge in [-0.25, -0.2) is 8.42 Å². The minimum Gasteiger partial charge on any atom is -0.379 e. The van der Waals surface area contributed by atoms with Crippen LogP contribution < -0.4 is 5.32 Å². The summed E-state index contributed by atoms with van der Waals surface area (Å²) in [6.45, 7) is 2.32. The second kappa shape index (κ2) is 9.48. The molecular weight excluding hydrogens is 364 g/mol. The highest BCUT2D eigenvalue weighted by atomic mass is 32.2. The number of hydrogen-bond acceptors (Lipinski definition) is 4. The molecule has 2 aliphatic rings. The van der Waals surface area contributed by atoms with E-state index in [0.717, 1.165) is 19.3 Å². The van der Waals surface area contributed by atoms with E-state index in [1.54, 1.807) is 24.3 Å². The first-order valence-electron chi connectivity index (χ1n) is 9.65. The van der Waals surface area contributed by atoms with Gasteiger partial charge in [0.05, 0.1) is 19.0 Å². The average molecular weight is 393 g/mol. The van der Waals surface area contributed by atoms with E-state index in [0.29, 0.717) is 44.0 Å². The fourth-order valence-corrected chi connectivity index (χ4v) is 4.95. The number of carbonyl (C=O) groups is 1. The number of allylic oxidation sites excluding steroid dienone is 1. The lowest BCUT2D eigenvalue weighted by molar-refractivity contribution is 0.0729. The van der Waals surface area contributed by atoms with Crippen LogP contribution in [0.5, 0.6) is 0 Å². The third-order valence-corrected chi connectivity index (χ3v) is 6.90. The first kappa shape index (κ1) is 20.0. The van der Waals surface area contributed by atoms with Crippen LogP contribution in [0.15, 0.2) is 35.9 Å². The summed E-state index contributed by atoms with van der Waals surface area (Å²) in [5.74, 6) is -0.169. The Morgan fingerprint density at radius 1 is 1.11 bits per heavy atom. The molecule has 1 aromatic rings. The zero-order valence-corrected chi connectivity index (χ0v) is 16.5. The van der Waals surface area contributed by atoms with Gasteiger partial charge in [-0.15, -0.1) is 0 Å². The predicted octanol–water partition coefficient (Wildman–Crippen LogP) is 2.47. The number of amides is 1. The Morgan fingerprint density at radius 3 is 2.52 bits per heavy atom. The third-order valence-electron chi connectivity index (χ3n) is 5.05. The van der Waals surface area contributed by atoms with E-state index in [1.165, 1.54) is 22.7 Å². The molecule has 6 nitrogen and oxygen atoms in total. The van der Waals surface area contributed by atoms with Crippen molar-refractivity contribution in [2.24, 2.45) is 0 Å². The van der Waals surface area contributed by atoms with Crippen LogP contribution in [0.1, 0.15) is 48.0 Å². The molecule has 0 unspecified atom stereocenters. The zero-order chi connectivity index (χ0) is 19.1. The van der Waals surface area contributed by atoms with E-state index in [4.69, 9.17) is 4.74 Å². The number of morpholine rings is 1. The highest BCUT2D eigenvalue weighted by molar-refractivity contribution is 7.88. The minimum atomic E-state index is -3.35. The summed E-state index contributed by atoms with van der Waals surface area (Å²) in [5.41, 5.74) is 2.68. The van der Waals surface area contributed by atoms with E-state index < -0.39 is 10.0 Å². The largest absolute Gasteiger partial charge is 0.379 e. The van der Waals surface area contributed by atoms with Crippen LogP contribution in [-0.2, 0) is 20.5 Å². The number of hydrogen-bond donors (Lipinski definition) is 1. The van der Waals surface area contributed by atoms with Gasteiger partial charge >= 0.3 is 0 Å². The molecule has 7 heteroatoms. The third kappa shape index (κ3) is 5.89. The maximum Gasteiger partial charge on any atom is 0.251 e. The fourth-order valence-electron chi connectivity index (χ4n) is 3.45. The van der Waals surface area contributed by atoms with Gasteiger partial charge in [-0.2, -0.15) is 4.31 Å². The molecule has 1 aliphatic heterocycles. The predicted molar refractivity (Wildman–Crippen MR) is 105 cm³/mol. The number of carbonyl (C=O) groups excluding carboxylic acids is 1. The SMILES string of the molecule is O=C(NCCC1=CCCCC1)c1ccc(CS(=O)(=O)N2CCOCC2)cc1. The standard InChI is InChI=1S/C20H28N2O4S/c23-20(21-11-10-17-4-2-1-3-5-17)19-8-6-18(7-9-19)16-27(24,25)22-12-14-26-15-13-22/h4,6-9H,1-3,5,10-16H2,(H,21,23). The molecule has 0 spiro atoms. The van der Waals surface area contributed by atoms with Crippen LogP contribution >= 0.6 is 0 Å². The molecule has 0 radical (unpaired) electrons. The van der Waals surface area contributed by atoms with Crippen molar-refractivity contribution in [1.29, 1.82) is 0 Å². The average Bonchev–Trinajstić information content (AvgIpc) is 2.70. The van der Waals surface area contributed by atoms with Gasteiger partial charge < -0.3 is 10.1 Å². The lowest BCUT2D eigenvalue weighted by Gasteiger charge is -2.26. The Hall–Kier alpha value is -1.70. The monoisotopic (exact) mass is 392 g/mol. The molecule has 1 N–H and O–H groups in total. The summed E-state index contributed by atoms with van der Waals surface area (Å²) in [7, 11) is -3.35. The maximum atomic E-state index is 12.5. The number of nitrogens with zero attached hydrogens (tertiary/aromatic N) is 1. The summed E-state index contributed by atoms with van der Waals surface area (Å²) in [6, 6.07) is 6.83. The molecule has 0 aromatic heterocycles. The van der Waals surface area contributed by atoms with Crippen molar-refractivity contribution in [3.8, 4) is 0 Å². The topological polar surface area (TPSA) is 75.7 Å². The molecular formula is C20H28N2O4S. The quantitative estimate of drug-likeness (QED) is 0.724. The fraction of sp³-hybridized carbons (Fsp3) is 0.550. The van der Waals surface area contributed by atoms with Crippen LogP contribution in [0.25, 0.3) is 0 Å². The van der Waals surface area contributed by atoms with Gasteiger partial charge in [-0.3, -0.25) is 4.79 Å². The van der Waals surface area contributed by atoms with E-state index in [2.05, 4.69) is 11.4 Å². The van der Waals surface area contributed by atoms with Crippen molar-refractivity contribution < 1.29 is 17.9 Å². The van der Waals surface area contributed by atoms with Gasteiger partial charge in [0.2, 0.25) is 10.0 Å². The zero-order valence-electron chi connectivity index (χ0n) is 15.7. The summed E-state index contributed by atoms with van der Waals surface area (Å²) in [6.07, 6.45) is 8.00. The Kier molecular flexibility index (Phi) is 7.04. The van der Waals surface area contributed by atoms with Gasteiger partial charge in [-0.05, 0) is 49.8 Å². The van der Waals surface area contributed by atoms with Crippen LogP contribution in [0, 0.1) is 0 Å². The van der Waals surface area contributed by atoms with E-state index in [1.807, 2.05) is 0 Å². The van der Waals surface area contributed by atoms with E-state index >= 15 is 0 Å². The molecule has 0 bridgehead atoms. The first-order chi connectivity index (χ1) is 13.0. The van der Waals surface area contributed by atoms with Gasteiger partial charge in [0.25, 0.3) is 5.91 Å². The smallest absolute Gasteiger partial charge is 0.251 e. The molecule has 0 atom stereocenters. The van der Waals surface area contributed by atoms with Gasteiger partial charge in [0.15, 0.2) is 0 Å². The molecule has 3 rings (SSSR count). The van der Waals surface area contributed by atoms with Gasteiger partial charge in [0.1, 0.15) is 0 Å². The number of sulfonamides is 1.